The van der Waals surface area contributed by atoms with Crippen LogP contribution in [-0.2, 0) is 14.9 Å². The molecule has 0 spiro atoms. The van der Waals surface area contributed by atoms with Gasteiger partial charge in [-0.2, -0.15) is 0 Å². The quantitative estimate of drug-likeness (QED) is 0.864. The summed E-state index contributed by atoms with van der Waals surface area (Å²) < 4.78 is 4.92. The molecular formula is C16H32N2O4S2. The third-order valence-corrected chi connectivity index (χ3v) is 6.01. The van der Waals surface area contributed by atoms with E-state index in [1.165, 1.54) is 11.3 Å². The van der Waals surface area contributed by atoms with Crippen molar-refractivity contribution in [1.29, 1.82) is 0 Å². The molecule has 1 aromatic rings. The molecule has 1 aromatic heterocycles. The number of carbonyl (C=O) groups excluding carboxylic acids is 1. The molecule has 0 saturated carbocycles. The van der Waals surface area contributed by atoms with E-state index >= 15 is 0 Å². The van der Waals surface area contributed by atoms with E-state index in [9.17, 15) is 4.79 Å². The molecule has 5 N–H and O–H groups in total. The highest BCUT2D eigenvalue weighted by Gasteiger charge is 2.33. The highest BCUT2D eigenvalue weighted by atomic mass is 32.2. The average molecular weight is 381 g/mol. The van der Waals surface area contributed by atoms with Gasteiger partial charge in [0.05, 0.1) is 10.4 Å². The molecule has 0 atom stereocenters. The normalized spacial score (nSPS) is 16.0. The molecule has 1 aliphatic heterocycles. The molecule has 0 unspecified atom stereocenters. The van der Waals surface area contributed by atoms with Gasteiger partial charge >= 0.3 is 0 Å². The van der Waals surface area contributed by atoms with Crippen molar-refractivity contribution in [2.45, 2.75) is 62.9 Å². The van der Waals surface area contributed by atoms with Crippen molar-refractivity contribution in [3.05, 3.63) is 11.1 Å². The second kappa shape index (κ2) is 9.15. The number of hydrogen-bond donors (Lipinski definition) is 1. The third-order valence-electron chi connectivity index (χ3n) is 3.67. The Hall–Kier alpha value is -0.670. The Morgan fingerprint density at radius 1 is 1.29 bits per heavy atom. The summed E-state index contributed by atoms with van der Waals surface area (Å²) in [6.45, 7) is 11.9. The molecular weight excluding hydrogens is 348 g/mol. The van der Waals surface area contributed by atoms with Crippen molar-refractivity contribution in [3.63, 3.8) is 0 Å². The predicted octanol–water partition coefficient (Wildman–Crippen LogP) is 2.67. The predicted molar refractivity (Wildman–Crippen MR) is 104 cm³/mol. The molecule has 6 nitrogen and oxygen atoms in total. The number of thioether (sulfide) groups is 1. The number of rotatable bonds is 4. The summed E-state index contributed by atoms with van der Waals surface area (Å²) in [5.74, 6) is 0.0267. The van der Waals surface area contributed by atoms with Crippen molar-refractivity contribution in [1.82, 2.24) is 4.98 Å². The molecule has 24 heavy (non-hydrogen) atoms. The van der Waals surface area contributed by atoms with Crippen molar-refractivity contribution in [3.8, 4) is 0 Å². The lowest BCUT2D eigenvalue weighted by Crippen LogP contribution is -2.37. The van der Waals surface area contributed by atoms with E-state index < -0.39 is 4.75 Å². The minimum Gasteiger partial charge on any atom is -0.412 e. The zero-order chi connectivity index (χ0) is 16.4. The fourth-order valence-electron chi connectivity index (χ4n) is 2.19. The number of hydrogen-bond acceptors (Lipinski definition) is 5. The first-order valence-corrected chi connectivity index (χ1v) is 9.47. The first-order valence-electron chi connectivity index (χ1n) is 7.71. The lowest BCUT2D eigenvalue weighted by molar-refractivity contribution is -0.117. The van der Waals surface area contributed by atoms with E-state index in [0.717, 1.165) is 31.7 Å². The average Bonchev–Trinajstić information content (AvgIpc) is 2.88. The minimum absolute atomic E-state index is 0. The molecule has 0 radical (unpaired) electrons. The van der Waals surface area contributed by atoms with Gasteiger partial charge in [0.25, 0.3) is 0 Å². The number of nitrogens with one attached hydrogen (secondary N) is 1. The molecule has 1 amide bonds. The van der Waals surface area contributed by atoms with Crippen LogP contribution in [0.15, 0.2) is 5.38 Å². The molecule has 0 aliphatic carbocycles. The summed E-state index contributed by atoms with van der Waals surface area (Å²) in [6.07, 6.45) is 2.04. The molecule has 0 bridgehead atoms. The van der Waals surface area contributed by atoms with E-state index in [0.29, 0.717) is 10.4 Å². The van der Waals surface area contributed by atoms with Crippen LogP contribution in [0, 0.1) is 0 Å². The maximum Gasteiger partial charge on any atom is 0.241 e. The minimum atomic E-state index is -0.463. The molecule has 1 fully saturated rings. The van der Waals surface area contributed by atoms with Gasteiger partial charge in [0.2, 0.25) is 5.91 Å². The summed E-state index contributed by atoms with van der Waals surface area (Å²) in [7, 11) is 0. The largest absolute Gasteiger partial charge is 0.412 e. The molecule has 0 aromatic carbocycles. The summed E-state index contributed by atoms with van der Waals surface area (Å²) >= 11 is 3.24. The zero-order valence-electron chi connectivity index (χ0n) is 15.1. The fourth-order valence-corrected chi connectivity index (χ4v) is 4.54. The summed E-state index contributed by atoms with van der Waals surface area (Å²) in [5, 5.41) is 6.19. The van der Waals surface area contributed by atoms with Crippen LogP contribution < -0.4 is 5.32 Å². The first-order chi connectivity index (χ1) is 10.2. The maximum absolute atomic E-state index is 12.6. The van der Waals surface area contributed by atoms with Crippen LogP contribution in [0.2, 0.25) is 0 Å². The number of ether oxygens (including phenoxy) is 1. The van der Waals surface area contributed by atoms with E-state index in [1.54, 1.807) is 11.8 Å². The smallest absolute Gasteiger partial charge is 0.241 e. The lowest BCUT2D eigenvalue weighted by Gasteiger charge is -2.30. The first kappa shape index (κ1) is 23.3. The second-order valence-corrected chi connectivity index (χ2v) is 9.96. The highest BCUT2D eigenvalue weighted by Crippen LogP contribution is 2.35. The van der Waals surface area contributed by atoms with Gasteiger partial charge in [-0.1, -0.05) is 20.8 Å². The van der Waals surface area contributed by atoms with Crippen molar-refractivity contribution in [2.24, 2.45) is 0 Å². The van der Waals surface area contributed by atoms with E-state index in [2.05, 4.69) is 31.1 Å². The Morgan fingerprint density at radius 3 is 2.38 bits per heavy atom. The standard InChI is InChI=1S/C16H26N2O2S2.2H2O.H2/c1-15(2,3)12-10-21-14(17-12)18-13(19)16(4,5)22-11-6-8-20-9-7-11;;;/h10-11H,6-9H2,1-5H3,(H,17,18,19);2*1H2;1H. The van der Waals surface area contributed by atoms with Crippen molar-refractivity contribution >= 4 is 34.1 Å². The molecule has 2 rings (SSSR count). The summed E-state index contributed by atoms with van der Waals surface area (Å²) in [5.41, 5.74) is 1.02. The number of amides is 1. The van der Waals surface area contributed by atoms with Gasteiger partial charge in [-0.3, -0.25) is 4.79 Å². The van der Waals surface area contributed by atoms with Gasteiger partial charge in [-0.25, -0.2) is 4.98 Å². The number of nitrogens with zero attached hydrogens (tertiary/aromatic N) is 1. The van der Waals surface area contributed by atoms with Gasteiger partial charge in [0.15, 0.2) is 5.13 Å². The summed E-state index contributed by atoms with van der Waals surface area (Å²) in [6, 6.07) is 0. The topological polar surface area (TPSA) is 114 Å². The van der Waals surface area contributed by atoms with Crippen molar-refractivity contribution in [2.75, 3.05) is 18.5 Å². The van der Waals surface area contributed by atoms with Crippen LogP contribution in [0.1, 0.15) is 54.6 Å². The third kappa shape index (κ3) is 6.33. The van der Waals surface area contributed by atoms with Crippen molar-refractivity contribution < 1.29 is 21.9 Å². The Morgan fingerprint density at radius 2 is 1.88 bits per heavy atom. The van der Waals surface area contributed by atoms with Gasteiger partial charge in [0, 0.05) is 30.7 Å². The SMILES string of the molecule is CC(C)(SC1CCOCC1)C(=O)Nc1nc(C(C)(C)C)cs1.O.O.[HH]. The van der Waals surface area contributed by atoms with Gasteiger partial charge in [-0.15, -0.1) is 23.1 Å². The van der Waals surface area contributed by atoms with Crippen LogP contribution in [0.3, 0.4) is 0 Å². The van der Waals surface area contributed by atoms with E-state index in [-0.39, 0.29) is 23.7 Å². The van der Waals surface area contributed by atoms with E-state index in [1.807, 2.05) is 19.2 Å². The van der Waals surface area contributed by atoms with Crippen LogP contribution in [0.5, 0.6) is 0 Å². The molecule has 142 valence electrons. The Balaban J connectivity index is 0. The number of thiazole rings is 1. The second-order valence-electron chi connectivity index (χ2n) is 7.18. The number of carbonyl (C=O) groups is 1. The van der Waals surface area contributed by atoms with Crippen LogP contribution in [-0.4, -0.2) is 45.1 Å². The Labute approximate surface area is 153 Å². The Bertz CT molecular complexity index is 526. The van der Waals surface area contributed by atoms with Crippen LogP contribution in [0.25, 0.3) is 0 Å². The highest BCUT2D eigenvalue weighted by molar-refractivity contribution is 8.02. The monoisotopic (exact) mass is 380 g/mol. The lowest BCUT2D eigenvalue weighted by atomic mass is 9.93. The van der Waals surface area contributed by atoms with E-state index in [4.69, 9.17) is 4.74 Å². The molecule has 1 saturated heterocycles. The summed E-state index contributed by atoms with van der Waals surface area (Å²) in [4.78, 5) is 17.1. The van der Waals surface area contributed by atoms with Crippen LogP contribution in [0.4, 0.5) is 5.13 Å². The number of anilines is 1. The number of aromatic nitrogens is 1. The molecule has 2 heterocycles. The van der Waals surface area contributed by atoms with Gasteiger partial charge < -0.3 is 21.0 Å². The van der Waals surface area contributed by atoms with Crippen LogP contribution >= 0.6 is 23.1 Å². The zero-order valence-corrected chi connectivity index (χ0v) is 16.7. The fraction of sp³-hybridized carbons (Fsp3) is 0.750. The maximum atomic E-state index is 12.6. The Kier molecular flexibility index (Phi) is 8.89. The van der Waals surface area contributed by atoms with Gasteiger partial charge in [0.1, 0.15) is 0 Å². The molecule has 1 aliphatic rings. The van der Waals surface area contributed by atoms with Gasteiger partial charge in [-0.05, 0) is 26.7 Å². The molecule has 8 heteroatoms.